The molecule has 90 valence electrons. The van der Waals surface area contributed by atoms with E-state index in [2.05, 4.69) is 12.2 Å². The van der Waals surface area contributed by atoms with Gasteiger partial charge in [-0.15, -0.1) is 0 Å². The van der Waals surface area contributed by atoms with Crippen molar-refractivity contribution in [3.05, 3.63) is 0 Å². The fourth-order valence-corrected chi connectivity index (χ4v) is 1.09. The summed E-state index contributed by atoms with van der Waals surface area (Å²) in [5.74, 6) is 0.371. The molecular weight excluding hydrogens is 190 g/mol. The molecule has 0 spiro atoms. The first-order valence-corrected chi connectivity index (χ1v) is 6.02. The van der Waals surface area contributed by atoms with Gasteiger partial charge in [0.05, 0.1) is 0 Å². The van der Waals surface area contributed by atoms with Crippen LogP contribution in [0.3, 0.4) is 0 Å². The lowest BCUT2D eigenvalue weighted by atomic mass is 10.1. The van der Waals surface area contributed by atoms with Crippen molar-refractivity contribution in [3.8, 4) is 0 Å². The van der Waals surface area contributed by atoms with E-state index in [0.717, 1.165) is 13.0 Å². The minimum absolute atomic E-state index is 0.0133. The molecule has 0 aromatic heterocycles. The van der Waals surface area contributed by atoms with E-state index in [9.17, 15) is 4.79 Å². The van der Waals surface area contributed by atoms with Crippen LogP contribution in [-0.4, -0.2) is 18.7 Å². The highest BCUT2D eigenvalue weighted by Crippen LogP contribution is 2.05. The molecule has 0 saturated carbocycles. The van der Waals surface area contributed by atoms with E-state index >= 15 is 0 Å². The van der Waals surface area contributed by atoms with Crippen molar-refractivity contribution in [2.24, 2.45) is 5.92 Å². The maximum Gasteiger partial charge on any atom is 0.407 e. The summed E-state index contributed by atoms with van der Waals surface area (Å²) in [6.45, 7) is 8.90. The predicted octanol–water partition coefficient (Wildman–Crippen LogP) is 3.34. The van der Waals surface area contributed by atoms with Gasteiger partial charge in [0, 0.05) is 6.54 Å². The third kappa shape index (κ3) is 8.28. The topological polar surface area (TPSA) is 38.3 Å². The highest BCUT2D eigenvalue weighted by molar-refractivity contribution is 5.67. The Kier molecular flexibility index (Phi) is 8.15. The highest BCUT2D eigenvalue weighted by Gasteiger charge is 2.11. The standard InChI is InChI=1S/C12H25NO2/c1-5-6-7-8-9-13-12(14)15-11(4)10(2)3/h10-11H,5-9H2,1-4H3,(H,13,14). The lowest BCUT2D eigenvalue weighted by Gasteiger charge is -2.16. The van der Waals surface area contributed by atoms with Crippen LogP contribution in [0.25, 0.3) is 0 Å². The van der Waals surface area contributed by atoms with Gasteiger partial charge in [0.1, 0.15) is 6.10 Å². The van der Waals surface area contributed by atoms with Crippen molar-refractivity contribution >= 4 is 6.09 Å². The van der Waals surface area contributed by atoms with Crippen molar-refractivity contribution < 1.29 is 9.53 Å². The molecule has 0 fully saturated rings. The van der Waals surface area contributed by atoms with Gasteiger partial charge in [-0.1, -0.05) is 40.0 Å². The molecule has 1 N–H and O–H groups in total. The quantitative estimate of drug-likeness (QED) is 0.661. The Bertz CT molecular complexity index is 169. The summed E-state index contributed by atoms with van der Waals surface area (Å²) in [6, 6.07) is 0. The zero-order chi connectivity index (χ0) is 11.7. The second-order valence-electron chi connectivity index (χ2n) is 4.34. The summed E-state index contributed by atoms with van der Waals surface area (Å²) in [4.78, 5) is 11.3. The number of alkyl carbamates (subject to hydrolysis) is 1. The Morgan fingerprint density at radius 2 is 1.87 bits per heavy atom. The van der Waals surface area contributed by atoms with Gasteiger partial charge in [0.25, 0.3) is 0 Å². The fourth-order valence-electron chi connectivity index (χ4n) is 1.09. The minimum Gasteiger partial charge on any atom is -0.446 e. The maximum absolute atomic E-state index is 11.3. The van der Waals surface area contributed by atoms with E-state index in [4.69, 9.17) is 4.74 Å². The molecule has 1 unspecified atom stereocenters. The largest absolute Gasteiger partial charge is 0.446 e. The molecule has 1 amide bonds. The second kappa shape index (κ2) is 8.57. The Morgan fingerprint density at radius 3 is 2.40 bits per heavy atom. The summed E-state index contributed by atoms with van der Waals surface area (Å²) in [7, 11) is 0. The lowest BCUT2D eigenvalue weighted by Crippen LogP contribution is -2.30. The van der Waals surface area contributed by atoms with Crippen LogP contribution in [0.2, 0.25) is 0 Å². The summed E-state index contributed by atoms with van der Waals surface area (Å²) >= 11 is 0. The highest BCUT2D eigenvalue weighted by atomic mass is 16.6. The van der Waals surface area contributed by atoms with Crippen molar-refractivity contribution in [2.75, 3.05) is 6.54 Å². The Labute approximate surface area is 93.6 Å². The van der Waals surface area contributed by atoms with Crippen LogP contribution in [0.1, 0.15) is 53.4 Å². The van der Waals surface area contributed by atoms with Gasteiger partial charge in [-0.3, -0.25) is 0 Å². The summed E-state index contributed by atoms with van der Waals surface area (Å²) in [6.07, 6.45) is 4.37. The molecule has 0 aromatic carbocycles. The number of hydrogen-bond donors (Lipinski definition) is 1. The Hall–Kier alpha value is -0.730. The van der Waals surface area contributed by atoms with Crippen LogP contribution in [0, 0.1) is 5.92 Å². The van der Waals surface area contributed by atoms with E-state index < -0.39 is 0 Å². The predicted molar refractivity (Wildman–Crippen MR) is 62.9 cm³/mol. The molecule has 0 bridgehead atoms. The molecule has 0 rings (SSSR count). The number of ether oxygens (including phenoxy) is 1. The molecule has 3 nitrogen and oxygen atoms in total. The Balaban J connectivity index is 3.41. The van der Waals surface area contributed by atoms with Crippen LogP contribution in [0.4, 0.5) is 4.79 Å². The van der Waals surface area contributed by atoms with E-state index in [1.165, 1.54) is 19.3 Å². The smallest absolute Gasteiger partial charge is 0.407 e. The number of hydrogen-bond acceptors (Lipinski definition) is 2. The number of unbranched alkanes of at least 4 members (excludes halogenated alkanes) is 3. The van der Waals surface area contributed by atoms with Gasteiger partial charge in [-0.25, -0.2) is 4.79 Å². The SMILES string of the molecule is CCCCCCNC(=O)OC(C)C(C)C. The van der Waals surface area contributed by atoms with E-state index in [-0.39, 0.29) is 12.2 Å². The monoisotopic (exact) mass is 215 g/mol. The van der Waals surface area contributed by atoms with Gasteiger partial charge in [-0.2, -0.15) is 0 Å². The Morgan fingerprint density at radius 1 is 1.20 bits per heavy atom. The maximum atomic E-state index is 11.3. The van der Waals surface area contributed by atoms with E-state index in [0.29, 0.717) is 5.92 Å². The average Bonchev–Trinajstić information content (AvgIpc) is 2.17. The third-order valence-corrected chi connectivity index (χ3v) is 2.53. The second-order valence-corrected chi connectivity index (χ2v) is 4.34. The van der Waals surface area contributed by atoms with Gasteiger partial charge in [0.15, 0.2) is 0 Å². The van der Waals surface area contributed by atoms with Crippen LogP contribution in [0.5, 0.6) is 0 Å². The molecule has 0 radical (unpaired) electrons. The number of carbonyl (C=O) groups excluding carboxylic acids is 1. The molecule has 15 heavy (non-hydrogen) atoms. The van der Waals surface area contributed by atoms with Crippen molar-refractivity contribution in [3.63, 3.8) is 0 Å². The number of rotatable bonds is 7. The lowest BCUT2D eigenvalue weighted by molar-refractivity contribution is 0.0821. The van der Waals surface area contributed by atoms with Crippen molar-refractivity contribution in [1.29, 1.82) is 0 Å². The van der Waals surface area contributed by atoms with Crippen molar-refractivity contribution in [1.82, 2.24) is 5.32 Å². The molecule has 0 saturated heterocycles. The number of amides is 1. The summed E-state index contributed by atoms with van der Waals surface area (Å²) < 4.78 is 5.17. The molecule has 0 aliphatic carbocycles. The molecule has 3 heteroatoms. The van der Waals surface area contributed by atoms with Gasteiger partial charge in [0.2, 0.25) is 0 Å². The molecule has 0 heterocycles. The third-order valence-electron chi connectivity index (χ3n) is 2.53. The van der Waals surface area contributed by atoms with Gasteiger partial charge in [-0.05, 0) is 19.3 Å². The van der Waals surface area contributed by atoms with Gasteiger partial charge >= 0.3 is 6.09 Å². The normalized spacial score (nSPS) is 12.6. The fraction of sp³-hybridized carbons (Fsp3) is 0.917. The van der Waals surface area contributed by atoms with E-state index in [1.807, 2.05) is 20.8 Å². The molecule has 0 aromatic rings. The average molecular weight is 215 g/mol. The summed E-state index contributed by atoms with van der Waals surface area (Å²) in [5, 5.41) is 2.77. The summed E-state index contributed by atoms with van der Waals surface area (Å²) in [5.41, 5.74) is 0. The molecule has 0 aliphatic rings. The number of nitrogens with one attached hydrogen (secondary N) is 1. The minimum atomic E-state index is -0.285. The molecular formula is C12H25NO2. The number of carbonyl (C=O) groups is 1. The molecule has 0 aliphatic heterocycles. The van der Waals surface area contributed by atoms with Crippen molar-refractivity contribution in [2.45, 2.75) is 59.5 Å². The first-order chi connectivity index (χ1) is 7.07. The van der Waals surface area contributed by atoms with Crippen LogP contribution >= 0.6 is 0 Å². The van der Waals surface area contributed by atoms with Gasteiger partial charge < -0.3 is 10.1 Å². The van der Waals surface area contributed by atoms with Crippen LogP contribution in [0.15, 0.2) is 0 Å². The van der Waals surface area contributed by atoms with Crippen LogP contribution in [-0.2, 0) is 4.74 Å². The van der Waals surface area contributed by atoms with E-state index in [1.54, 1.807) is 0 Å². The first-order valence-electron chi connectivity index (χ1n) is 6.02. The zero-order valence-corrected chi connectivity index (χ0v) is 10.5. The zero-order valence-electron chi connectivity index (χ0n) is 10.5. The first kappa shape index (κ1) is 14.3. The van der Waals surface area contributed by atoms with Crippen LogP contribution < -0.4 is 5.32 Å². The molecule has 1 atom stereocenters.